The van der Waals surface area contributed by atoms with Crippen molar-refractivity contribution in [1.82, 2.24) is 9.88 Å². The average molecular weight is 425 g/mol. The van der Waals surface area contributed by atoms with Crippen LogP contribution in [0.15, 0.2) is 48.5 Å². The maximum absolute atomic E-state index is 11.3. The molecule has 1 atom stereocenters. The number of nitrogens with zero attached hydrogens (tertiary/aromatic N) is 2. The summed E-state index contributed by atoms with van der Waals surface area (Å²) in [4.78, 5) is 7.29. The monoisotopic (exact) mass is 424 g/mol. The Morgan fingerprint density at radius 3 is 2.27 bits per heavy atom. The first-order valence-electron chi connectivity index (χ1n) is 11.1. The third-order valence-electron chi connectivity index (χ3n) is 5.58. The number of halogens is 1. The van der Waals surface area contributed by atoms with Crippen molar-refractivity contribution in [2.45, 2.75) is 52.6 Å². The topological polar surface area (TPSA) is 36.4 Å². The van der Waals surface area contributed by atoms with E-state index in [1.54, 1.807) is 0 Å². The van der Waals surface area contributed by atoms with E-state index in [1.165, 1.54) is 0 Å². The summed E-state index contributed by atoms with van der Waals surface area (Å²) in [5.41, 5.74) is 4.90. The van der Waals surface area contributed by atoms with Gasteiger partial charge in [0.15, 0.2) is 0 Å². The van der Waals surface area contributed by atoms with Crippen LogP contribution in [0.3, 0.4) is 0 Å². The van der Waals surface area contributed by atoms with Crippen molar-refractivity contribution in [2.24, 2.45) is 0 Å². The summed E-state index contributed by atoms with van der Waals surface area (Å²) in [5, 5.41) is 13.0. The molecule has 3 nitrogen and oxygen atoms in total. The zero-order valence-electron chi connectivity index (χ0n) is 18.4. The number of benzene rings is 2. The van der Waals surface area contributed by atoms with Gasteiger partial charge in [-0.05, 0) is 68.2 Å². The molecule has 0 fully saturated rings. The second-order valence-corrected chi connectivity index (χ2v) is 8.58. The molecule has 0 aliphatic carbocycles. The van der Waals surface area contributed by atoms with Crippen molar-refractivity contribution in [3.05, 3.63) is 64.7 Å². The standard InChI is InChI=1S/C26H33ClN2O/c1-4-6-14-29(15-7-5-2)18-26(30)23-17-24(20-9-11-21(27)12-10-20)28-25-16-19(3)8-13-22(23)25/h8-13,16-17,26,30H,4-7,14-15,18H2,1-3H3/t26-/m1/s1. The summed E-state index contributed by atoms with van der Waals surface area (Å²) >= 11 is 6.07. The number of rotatable bonds is 10. The van der Waals surface area contributed by atoms with Gasteiger partial charge in [-0.15, -0.1) is 0 Å². The normalized spacial score (nSPS) is 12.6. The lowest BCUT2D eigenvalue weighted by atomic mass is 9.98. The predicted octanol–water partition coefficient (Wildman–Crippen LogP) is 6.80. The van der Waals surface area contributed by atoms with Gasteiger partial charge in [0.1, 0.15) is 0 Å². The lowest BCUT2D eigenvalue weighted by Crippen LogP contribution is -2.31. The van der Waals surface area contributed by atoms with Crippen molar-refractivity contribution in [3.63, 3.8) is 0 Å². The summed E-state index contributed by atoms with van der Waals surface area (Å²) in [6.07, 6.45) is 4.08. The van der Waals surface area contributed by atoms with Crippen LogP contribution >= 0.6 is 11.6 Å². The lowest BCUT2D eigenvalue weighted by molar-refractivity contribution is 0.112. The fourth-order valence-electron chi connectivity index (χ4n) is 3.81. The van der Waals surface area contributed by atoms with E-state index in [4.69, 9.17) is 16.6 Å². The number of pyridine rings is 1. The molecule has 0 radical (unpaired) electrons. The quantitative estimate of drug-likeness (QED) is 0.388. The number of hydrogen-bond donors (Lipinski definition) is 1. The number of aliphatic hydroxyl groups is 1. The maximum Gasteiger partial charge on any atom is 0.0924 e. The summed E-state index contributed by atoms with van der Waals surface area (Å²) in [7, 11) is 0. The van der Waals surface area contributed by atoms with Gasteiger partial charge in [-0.2, -0.15) is 0 Å². The fraction of sp³-hybridized carbons (Fsp3) is 0.423. The molecule has 4 heteroatoms. The second-order valence-electron chi connectivity index (χ2n) is 8.15. The molecule has 160 valence electrons. The third kappa shape index (κ3) is 5.81. The number of aryl methyl sites for hydroxylation is 1. The summed E-state index contributed by atoms with van der Waals surface area (Å²) in [5.74, 6) is 0. The van der Waals surface area contributed by atoms with Crippen LogP contribution in [0.1, 0.15) is 56.8 Å². The van der Waals surface area contributed by atoms with Crippen LogP contribution in [-0.2, 0) is 0 Å². The minimum atomic E-state index is -0.557. The van der Waals surface area contributed by atoms with Gasteiger partial charge in [0.2, 0.25) is 0 Å². The molecule has 0 amide bonds. The molecule has 0 aliphatic rings. The van der Waals surface area contributed by atoms with Crippen molar-refractivity contribution < 1.29 is 5.11 Å². The maximum atomic E-state index is 11.3. The molecule has 0 saturated heterocycles. The Labute approximate surface area is 185 Å². The molecule has 3 rings (SSSR count). The van der Waals surface area contributed by atoms with Crippen molar-refractivity contribution in [2.75, 3.05) is 19.6 Å². The number of aromatic nitrogens is 1. The Balaban J connectivity index is 1.98. The van der Waals surface area contributed by atoms with Gasteiger partial charge in [-0.25, -0.2) is 4.98 Å². The summed E-state index contributed by atoms with van der Waals surface area (Å²) in [6.45, 7) is 9.20. The Morgan fingerprint density at radius 2 is 1.63 bits per heavy atom. The average Bonchev–Trinajstić information content (AvgIpc) is 2.75. The first-order valence-corrected chi connectivity index (χ1v) is 11.5. The van der Waals surface area contributed by atoms with E-state index in [9.17, 15) is 5.11 Å². The molecule has 3 aromatic rings. The molecule has 0 unspecified atom stereocenters. The Kier molecular flexibility index (Phi) is 8.26. The highest BCUT2D eigenvalue weighted by molar-refractivity contribution is 6.30. The zero-order valence-corrected chi connectivity index (χ0v) is 19.1. The van der Waals surface area contributed by atoms with Crippen LogP contribution in [0.2, 0.25) is 5.02 Å². The number of unbranched alkanes of at least 4 members (excludes halogenated alkanes) is 2. The van der Waals surface area contributed by atoms with E-state index in [1.807, 2.05) is 30.3 Å². The molecule has 0 bridgehead atoms. The van der Waals surface area contributed by atoms with Crippen LogP contribution in [0.4, 0.5) is 0 Å². The molecule has 30 heavy (non-hydrogen) atoms. The Hall–Kier alpha value is -1.94. The van der Waals surface area contributed by atoms with E-state index in [-0.39, 0.29) is 0 Å². The SMILES string of the molecule is CCCCN(CCCC)C[C@@H](O)c1cc(-c2ccc(Cl)cc2)nc2cc(C)ccc12. The predicted molar refractivity (Wildman–Crippen MR) is 128 cm³/mol. The van der Waals surface area contributed by atoms with E-state index in [2.05, 4.69) is 43.9 Å². The molecule has 0 saturated carbocycles. The van der Waals surface area contributed by atoms with Gasteiger partial charge in [-0.1, -0.05) is 62.6 Å². The minimum Gasteiger partial charge on any atom is -0.387 e. The van der Waals surface area contributed by atoms with Crippen LogP contribution in [0, 0.1) is 6.92 Å². The van der Waals surface area contributed by atoms with Gasteiger partial charge in [-0.3, -0.25) is 0 Å². The van der Waals surface area contributed by atoms with E-state index < -0.39 is 6.10 Å². The molecule has 2 aromatic carbocycles. The van der Waals surface area contributed by atoms with Crippen LogP contribution in [-0.4, -0.2) is 34.6 Å². The highest BCUT2D eigenvalue weighted by atomic mass is 35.5. The molecule has 0 aliphatic heterocycles. The number of hydrogen-bond acceptors (Lipinski definition) is 3. The molecule has 1 aromatic heterocycles. The van der Waals surface area contributed by atoms with Crippen LogP contribution in [0.25, 0.3) is 22.2 Å². The first-order chi connectivity index (χ1) is 14.5. The van der Waals surface area contributed by atoms with Crippen molar-refractivity contribution in [1.29, 1.82) is 0 Å². The van der Waals surface area contributed by atoms with Crippen molar-refractivity contribution >= 4 is 22.5 Å². The Bertz CT molecular complexity index is 947. The first kappa shape index (κ1) is 22.7. The molecular formula is C26H33ClN2O. The number of aliphatic hydroxyl groups excluding tert-OH is 1. The third-order valence-corrected chi connectivity index (χ3v) is 5.84. The van der Waals surface area contributed by atoms with Crippen molar-refractivity contribution in [3.8, 4) is 11.3 Å². The van der Waals surface area contributed by atoms with E-state index in [0.29, 0.717) is 11.6 Å². The van der Waals surface area contributed by atoms with Gasteiger partial charge in [0, 0.05) is 22.5 Å². The number of fused-ring (bicyclic) bond motifs is 1. The minimum absolute atomic E-state index is 0.557. The fourth-order valence-corrected chi connectivity index (χ4v) is 3.94. The molecule has 1 N–H and O–H groups in total. The Morgan fingerprint density at radius 1 is 0.967 bits per heavy atom. The van der Waals surface area contributed by atoms with Crippen LogP contribution in [0.5, 0.6) is 0 Å². The molecule has 0 spiro atoms. The molecular weight excluding hydrogens is 392 g/mol. The molecule has 1 heterocycles. The second kappa shape index (κ2) is 10.9. The zero-order chi connectivity index (χ0) is 21.5. The largest absolute Gasteiger partial charge is 0.387 e. The van der Waals surface area contributed by atoms with Gasteiger partial charge >= 0.3 is 0 Å². The van der Waals surface area contributed by atoms with E-state index >= 15 is 0 Å². The van der Waals surface area contributed by atoms with Gasteiger partial charge in [0.05, 0.1) is 17.3 Å². The van der Waals surface area contributed by atoms with Gasteiger partial charge in [0.25, 0.3) is 0 Å². The highest BCUT2D eigenvalue weighted by Crippen LogP contribution is 2.30. The highest BCUT2D eigenvalue weighted by Gasteiger charge is 2.18. The van der Waals surface area contributed by atoms with E-state index in [0.717, 1.165) is 72.1 Å². The smallest absolute Gasteiger partial charge is 0.0924 e. The summed E-state index contributed by atoms with van der Waals surface area (Å²) < 4.78 is 0. The lowest BCUT2D eigenvalue weighted by Gasteiger charge is -2.26. The van der Waals surface area contributed by atoms with Crippen LogP contribution < -0.4 is 0 Å². The van der Waals surface area contributed by atoms with Gasteiger partial charge < -0.3 is 10.0 Å². The summed E-state index contributed by atoms with van der Waals surface area (Å²) in [6, 6.07) is 16.0.